The Morgan fingerprint density at radius 2 is 1.45 bits per heavy atom. The van der Waals surface area contributed by atoms with Crippen molar-refractivity contribution in [2.45, 2.75) is 25.7 Å². The summed E-state index contributed by atoms with van der Waals surface area (Å²) in [7, 11) is 0. The molecule has 7 rings (SSSR count). The quantitative estimate of drug-likeness (QED) is 0.123. The van der Waals surface area contributed by atoms with Gasteiger partial charge in [-0.05, 0) is 97.6 Å². The normalized spacial score (nSPS) is 13.8. The van der Waals surface area contributed by atoms with Gasteiger partial charge < -0.3 is 24.1 Å². The number of nitrogens with one attached hydrogen (secondary N) is 1. The third kappa shape index (κ3) is 7.86. The molecule has 0 radical (unpaired) electrons. The molecular weight excluding hydrogens is 609 g/mol. The van der Waals surface area contributed by atoms with Crippen LogP contribution in [0.5, 0.6) is 17.4 Å². The van der Waals surface area contributed by atoms with Crippen molar-refractivity contribution in [2.24, 2.45) is 0 Å². The molecule has 8 nitrogen and oxygen atoms in total. The summed E-state index contributed by atoms with van der Waals surface area (Å²) in [4.78, 5) is 24.3. The number of benzene rings is 3. The van der Waals surface area contributed by atoms with E-state index in [1.807, 2.05) is 59.9 Å². The molecule has 1 saturated heterocycles. The van der Waals surface area contributed by atoms with Crippen LogP contribution in [0.3, 0.4) is 0 Å². The molecule has 3 aromatic carbocycles. The standard InChI is InChI=1S/C38H40N4O4S/c43-37-14-10-28-8-12-30(26-33(28)39-37)44-22-3-4-23-45-31-13-9-29-11-15-38(40-34(29)27-31)46-24-2-1-17-41-18-20-42(21-19-41)35-6-5-7-36-32(35)16-25-47-36/h5-16,25-27H,1-4,17-24H2,(H,39,43). The molecule has 1 aliphatic rings. The predicted molar refractivity (Wildman–Crippen MR) is 192 cm³/mol. The van der Waals surface area contributed by atoms with E-state index in [-0.39, 0.29) is 5.56 Å². The smallest absolute Gasteiger partial charge is 0.248 e. The number of aromatic nitrogens is 2. The Kier molecular flexibility index (Phi) is 9.82. The molecule has 0 spiro atoms. The molecule has 47 heavy (non-hydrogen) atoms. The van der Waals surface area contributed by atoms with Crippen LogP contribution >= 0.6 is 11.3 Å². The second-order valence-electron chi connectivity index (χ2n) is 12.0. The van der Waals surface area contributed by atoms with Gasteiger partial charge in [0.1, 0.15) is 11.5 Å². The molecule has 0 amide bonds. The molecule has 0 aliphatic carbocycles. The van der Waals surface area contributed by atoms with E-state index in [0.717, 1.165) is 91.7 Å². The SMILES string of the molecule is O=c1ccc2ccc(OCCCCOc3ccc4ccc(OCCCCN5CCN(c6cccc7sccc67)CC5)nc4c3)cc2[nH]1. The summed E-state index contributed by atoms with van der Waals surface area (Å²) in [6.45, 7) is 7.28. The van der Waals surface area contributed by atoms with Crippen LogP contribution in [-0.4, -0.2) is 67.4 Å². The first-order chi connectivity index (χ1) is 23.2. The van der Waals surface area contributed by atoms with Crippen LogP contribution in [0.2, 0.25) is 0 Å². The third-order valence-electron chi connectivity index (χ3n) is 8.72. The first-order valence-corrected chi connectivity index (χ1v) is 17.4. The minimum atomic E-state index is -0.116. The van der Waals surface area contributed by atoms with Gasteiger partial charge in [0.15, 0.2) is 0 Å². The number of anilines is 1. The number of pyridine rings is 2. The van der Waals surface area contributed by atoms with Crippen molar-refractivity contribution in [3.63, 3.8) is 0 Å². The largest absolute Gasteiger partial charge is 0.494 e. The van der Waals surface area contributed by atoms with Crippen LogP contribution in [0.15, 0.2) is 95.1 Å². The summed E-state index contributed by atoms with van der Waals surface area (Å²) in [5.74, 6) is 2.20. The number of hydrogen-bond acceptors (Lipinski definition) is 8. The lowest BCUT2D eigenvalue weighted by Gasteiger charge is -2.36. The molecule has 0 saturated carbocycles. The zero-order chi connectivity index (χ0) is 31.8. The monoisotopic (exact) mass is 648 g/mol. The van der Waals surface area contributed by atoms with Gasteiger partial charge >= 0.3 is 0 Å². The lowest BCUT2D eigenvalue weighted by atomic mass is 10.2. The van der Waals surface area contributed by atoms with Gasteiger partial charge in [0.05, 0.1) is 30.9 Å². The summed E-state index contributed by atoms with van der Waals surface area (Å²) < 4.78 is 19.3. The molecule has 6 aromatic rings. The van der Waals surface area contributed by atoms with E-state index < -0.39 is 0 Å². The summed E-state index contributed by atoms with van der Waals surface area (Å²) in [5, 5.41) is 5.61. The van der Waals surface area contributed by atoms with E-state index in [1.165, 1.54) is 21.8 Å². The van der Waals surface area contributed by atoms with Crippen molar-refractivity contribution in [3.05, 3.63) is 101 Å². The van der Waals surface area contributed by atoms with Gasteiger partial charge in [-0.1, -0.05) is 6.07 Å². The van der Waals surface area contributed by atoms with E-state index in [0.29, 0.717) is 25.7 Å². The van der Waals surface area contributed by atoms with Crippen molar-refractivity contribution >= 4 is 48.9 Å². The number of nitrogens with zero attached hydrogens (tertiary/aromatic N) is 3. The number of hydrogen-bond donors (Lipinski definition) is 1. The maximum atomic E-state index is 11.6. The highest BCUT2D eigenvalue weighted by Gasteiger charge is 2.18. The first kappa shape index (κ1) is 31.0. The Morgan fingerprint density at radius 1 is 0.723 bits per heavy atom. The minimum absolute atomic E-state index is 0.116. The van der Waals surface area contributed by atoms with Crippen molar-refractivity contribution in [1.29, 1.82) is 0 Å². The fourth-order valence-electron chi connectivity index (χ4n) is 6.13. The highest BCUT2D eigenvalue weighted by molar-refractivity contribution is 7.17. The number of unbranched alkanes of at least 4 members (excludes halogenated alkanes) is 2. The van der Waals surface area contributed by atoms with Crippen LogP contribution in [0, 0.1) is 0 Å². The lowest BCUT2D eigenvalue weighted by Crippen LogP contribution is -2.46. The average Bonchev–Trinajstić information content (AvgIpc) is 3.59. The number of fused-ring (bicyclic) bond motifs is 3. The molecule has 9 heteroatoms. The maximum Gasteiger partial charge on any atom is 0.248 e. The Bertz CT molecular complexity index is 2000. The van der Waals surface area contributed by atoms with Crippen LogP contribution < -0.4 is 24.7 Å². The van der Waals surface area contributed by atoms with Crippen LogP contribution in [0.4, 0.5) is 5.69 Å². The van der Waals surface area contributed by atoms with Gasteiger partial charge in [-0.2, -0.15) is 0 Å². The van der Waals surface area contributed by atoms with Gasteiger partial charge in [0.25, 0.3) is 0 Å². The second-order valence-corrected chi connectivity index (χ2v) is 12.9. The molecule has 0 unspecified atom stereocenters. The Labute approximate surface area is 278 Å². The summed E-state index contributed by atoms with van der Waals surface area (Å²) in [6, 6.07) is 28.0. The number of thiophene rings is 1. The van der Waals surface area contributed by atoms with Gasteiger partial charge in [0, 0.05) is 71.6 Å². The van der Waals surface area contributed by atoms with Crippen molar-refractivity contribution in [1.82, 2.24) is 14.9 Å². The number of rotatable bonds is 14. The highest BCUT2D eigenvalue weighted by Crippen LogP contribution is 2.31. The number of aromatic amines is 1. The fraction of sp³-hybridized carbons (Fsp3) is 0.316. The molecule has 242 valence electrons. The molecule has 3 aromatic heterocycles. The molecule has 0 bridgehead atoms. The Hall–Kier alpha value is -4.60. The van der Waals surface area contributed by atoms with Gasteiger partial charge in [-0.15, -0.1) is 11.3 Å². The molecule has 4 heterocycles. The predicted octanol–water partition coefficient (Wildman–Crippen LogP) is 7.51. The second kappa shape index (κ2) is 14.9. The van der Waals surface area contributed by atoms with Crippen molar-refractivity contribution in [2.75, 3.05) is 57.4 Å². The van der Waals surface area contributed by atoms with E-state index in [1.54, 1.807) is 0 Å². The van der Waals surface area contributed by atoms with E-state index in [2.05, 4.69) is 50.5 Å². The molecule has 1 fully saturated rings. The lowest BCUT2D eigenvalue weighted by molar-refractivity contribution is 0.237. The molecule has 0 atom stereocenters. The average molecular weight is 649 g/mol. The van der Waals surface area contributed by atoms with Gasteiger partial charge in [-0.3, -0.25) is 9.69 Å². The Balaban J connectivity index is 0.796. The summed E-state index contributed by atoms with van der Waals surface area (Å²) >= 11 is 1.82. The van der Waals surface area contributed by atoms with E-state index >= 15 is 0 Å². The zero-order valence-electron chi connectivity index (χ0n) is 26.5. The topological polar surface area (TPSA) is 79.9 Å². The number of H-pyrrole nitrogens is 1. The number of piperazine rings is 1. The molecular formula is C38H40N4O4S. The van der Waals surface area contributed by atoms with Crippen LogP contribution in [0.25, 0.3) is 31.9 Å². The highest BCUT2D eigenvalue weighted by atomic mass is 32.1. The maximum absolute atomic E-state index is 11.6. The third-order valence-corrected chi connectivity index (χ3v) is 9.60. The van der Waals surface area contributed by atoms with Crippen LogP contribution in [-0.2, 0) is 0 Å². The zero-order valence-corrected chi connectivity index (χ0v) is 27.3. The first-order valence-electron chi connectivity index (χ1n) is 16.5. The van der Waals surface area contributed by atoms with E-state index in [9.17, 15) is 4.79 Å². The van der Waals surface area contributed by atoms with Gasteiger partial charge in [0.2, 0.25) is 11.4 Å². The Morgan fingerprint density at radius 3 is 2.30 bits per heavy atom. The summed E-state index contributed by atoms with van der Waals surface area (Å²) in [6.07, 6.45) is 3.83. The number of ether oxygens (including phenoxy) is 3. The molecule has 1 aliphatic heterocycles. The fourth-order valence-corrected chi connectivity index (χ4v) is 6.94. The minimum Gasteiger partial charge on any atom is -0.494 e. The van der Waals surface area contributed by atoms with Crippen molar-refractivity contribution in [3.8, 4) is 17.4 Å². The van der Waals surface area contributed by atoms with Crippen LogP contribution in [0.1, 0.15) is 25.7 Å². The van der Waals surface area contributed by atoms with Gasteiger partial charge in [-0.25, -0.2) is 4.98 Å². The molecule has 1 N–H and O–H groups in total. The van der Waals surface area contributed by atoms with Crippen molar-refractivity contribution < 1.29 is 14.2 Å². The summed E-state index contributed by atoms with van der Waals surface area (Å²) in [5.41, 5.74) is 2.91. The van der Waals surface area contributed by atoms with E-state index in [4.69, 9.17) is 19.2 Å².